The molecule has 0 aliphatic heterocycles. The van der Waals surface area contributed by atoms with Gasteiger partial charge < -0.3 is 4.74 Å². The van der Waals surface area contributed by atoms with Crippen LogP contribution in [0.15, 0.2) is 0 Å². The summed E-state index contributed by atoms with van der Waals surface area (Å²) in [6.45, 7) is 2.44. The van der Waals surface area contributed by atoms with Crippen LogP contribution >= 0.6 is 11.6 Å². The molecule has 0 aromatic carbocycles. The molecule has 0 saturated heterocycles. The molecule has 0 aliphatic carbocycles. The Bertz CT molecular complexity index is 93.7. The van der Waals surface area contributed by atoms with Crippen molar-refractivity contribution in [1.82, 2.24) is 0 Å². The first kappa shape index (κ1) is 8.74. The summed E-state index contributed by atoms with van der Waals surface area (Å²) in [4.78, 5) is 0. The highest BCUT2D eigenvalue weighted by molar-refractivity contribution is 6.17. The zero-order valence-electron chi connectivity index (χ0n) is 5.43. The van der Waals surface area contributed by atoms with E-state index in [0.717, 1.165) is 0 Å². The van der Waals surface area contributed by atoms with E-state index in [1.54, 1.807) is 0 Å². The largest absolute Gasteiger partial charge is 0.364 e. The highest BCUT2D eigenvalue weighted by Gasteiger charge is 2.03. The molecule has 0 rings (SSSR count). The lowest BCUT2D eigenvalue weighted by Gasteiger charge is -2.04. The molecule has 0 amide bonds. The van der Waals surface area contributed by atoms with Gasteiger partial charge in [-0.3, -0.25) is 0 Å². The SMILES string of the molecule is CCOC(C#N)CCCl. The van der Waals surface area contributed by atoms with Crippen LogP contribution in [0.1, 0.15) is 13.3 Å². The van der Waals surface area contributed by atoms with Gasteiger partial charge in [0.15, 0.2) is 0 Å². The highest BCUT2D eigenvalue weighted by atomic mass is 35.5. The highest BCUT2D eigenvalue weighted by Crippen LogP contribution is 1.97. The number of ether oxygens (including phenoxy) is 1. The third-order valence-corrected chi connectivity index (χ3v) is 1.10. The average Bonchev–Trinajstić information content (AvgIpc) is 1.88. The molecule has 52 valence electrons. The van der Waals surface area contributed by atoms with E-state index >= 15 is 0 Å². The number of halogens is 1. The second kappa shape index (κ2) is 5.87. The van der Waals surface area contributed by atoms with Gasteiger partial charge in [0.1, 0.15) is 6.10 Å². The maximum atomic E-state index is 8.35. The van der Waals surface area contributed by atoms with Crippen LogP contribution in [-0.4, -0.2) is 18.6 Å². The Morgan fingerprint density at radius 3 is 2.78 bits per heavy atom. The smallest absolute Gasteiger partial charge is 0.145 e. The van der Waals surface area contributed by atoms with Gasteiger partial charge in [0.2, 0.25) is 0 Å². The molecule has 0 saturated carbocycles. The van der Waals surface area contributed by atoms with E-state index < -0.39 is 0 Å². The molecule has 0 N–H and O–H groups in total. The van der Waals surface area contributed by atoms with E-state index in [0.29, 0.717) is 18.9 Å². The lowest BCUT2D eigenvalue weighted by Crippen LogP contribution is -2.10. The first-order valence-corrected chi connectivity index (χ1v) is 3.45. The third kappa shape index (κ3) is 4.26. The first-order chi connectivity index (χ1) is 4.35. The van der Waals surface area contributed by atoms with Crippen LogP contribution in [0.3, 0.4) is 0 Å². The van der Waals surface area contributed by atoms with E-state index in [9.17, 15) is 0 Å². The second-order valence-corrected chi connectivity index (χ2v) is 1.93. The lowest BCUT2D eigenvalue weighted by atomic mass is 10.3. The molecule has 0 aromatic heterocycles. The predicted octanol–water partition coefficient (Wildman–Crippen LogP) is 1.54. The van der Waals surface area contributed by atoms with Crippen molar-refractivity contribution in [2.75, 3.05) is 12.5 Å². The number of hydrogen-bond acceptors (Lipinski definition) is 2. The van der Waals surface area contributed by atoms with Crippen LogP contribution in [0, 0.1) is 11.3 Å². The van der Waals surface area contributed by atoms with Gasteiger partial charge >= 0.3 is 0 Å². The molecule has 9 heavy (non-hydrogen) atoms. The van der Waals surface area contributed by atoms with Gasteiger partial charge in [0.25, 0.3) is 0 Å². The van der Waals surface area contributed by atoms with Gasteiger partial charge in [-0.25, -0.2) is 0 Å². The van der Waals surface area contributed by atoms with Crippen molar-refractivity contribution in [3.63, 3.8) is 0 Å². The number of hydrogen-bond donors (Lipinski definition) is 0. The second-order valence-electron chi connectivity index (χ2n) is 1.55. The Labute approximate surface area is 60.4 Å². The molecule has 0 fully saturated rings. The fraction of sp³-hybridized carbons (Fsp3) is 0.833. The minimum atomic E-state index is -0.313. The number of nitrogens with zero attached hydrogens (tertiary/aromatic N) is 1. The normalized spacial score (nSPS) is 12.6. The third-order valence-electron chi connectivity index (χ3n) is 0.883. The van der Waals surface area contributed by atoms with Crippen molar-refractivity contribution in [2.45, 2.75) is 19.4 Å². The van der Waals surface area contributed by atoms with Crippen molar-refractivity contribution >= 4 is 11.6 Å². The summed E-state index contributed by atoms with van der Waals surface area (Å²) in [5, 5.41) is 8.35. The topological polar surface area (TPSA) is 33.0 Å². The molecule has 3 heteroatoms. The van der Waals surface area contributed by atoms with Crippen molar-refractivity contribution < 1.29 is 4.74 Å². The fourth-order valence-electron chi connectivity index (χ4n) is 0.485. The molecule has 1 unspecified atom stereocenters. The monoisotopic (exact) mass is 147 g/mol. The average molecular weight is 148 g/mol. The zero-order chi connectivity index (χ0) is 7.11. The van der Waals surface area contributed by atoms with Crippen molar-refractivity contribution in [3.05, 3.63) is 0 Å². The summed E-state index contributed by atoms with van der Waals surface area (Å²) in [7, 11) is 0. The summed E-state index contributed by atoms with van der Waals surface area (Å²) in [6.07, 6.45) is 0.304. The van der Waals surface area contributed by atoms with Crippen molar-refractivity contribution in [2.24, 2.45) is 0 Å². The first-order valence-electron chi connectivity index (χ1n) is 2.92. The Morgan fingerprint density at radius 1 is 1.78 bits per heavy atom. The maximum Gasteiger partial charge on any atom is 0.145 e. The molecule has 1 atom stereocenters. The van der Waals surface area contributed by atoms with E-state index in [1.165, 1.54) is 0 Å². The van der Waals surface area contributed by atoms with Crippen LogP contribution in [0.25, 0.3) is 0 Å². The summed E-state index contributed by atoms with van der Waals surface area (Å²) >= 11 is 5.38. The van der Waals surface area contributed by atoms with Gasteiger partial charge in [-0.2, -0.15) is 5.26 Å². The molecule has 0 aliphatic rings. The zero-order valence-corrected chi connectivity index (χ0v) is 6.19. The Balaban J connectivity index is 3.32. The van der Waals surface area contributed by atoms with Crippen molar-refractivity contribution in [1.29, 1.82) is 5.26 Å². The molecule has 0 spiro atoms. The number of rotatable bonds is 4. The molecular formula is C6H10ClNO. The quantitative estimate of drug-likeness (QED) is 0.566. The van der Waals surface area contributed by atoms with Crippen LogP contribution in [0.4, 0.5) is 0 Å². The van der Waals surface area contributed by atoms with E-state index in [-0.39, 0.29) is 6.10 Å². The van der Waals surface area contributed by atoms with Crippen LogP contribution in [0.5, 0.6) is 0 Å². The summed E-state index contributed by atoms with van der Waals surface area (Å²) < 4.78 is 4.99. The summed E-state index contributed by atoms with van der Waals surface area (Å²) in [5.41, 5.74) is 0. The molecule has 0 heterocycles. The van der Waals surface area contributed by atoms with Gasteiger partial charge in [0, 0.05) is 18.9 Å². The number of nitriles is 1. The van der Waals surface area contributed by atoms with Crippen molar-refractivity contribution in [3.8, 4) is 6.07 Å². The minimum Gasteiger partial charge on any atom is -0.364 e. The molecule has 0 bridgehead atoms. The van der Waals surface area contributed by atoms with Crippen LogP contribution in [-0.2, 0) is 4.74 Å². The minimum absolute atomic E-state index is 0.313. The van der Waals surface area contributed by atoms with E-state index in [1.807, 2.05) is 13.0 Å². The Hall–Kier alpha value is -0.260. The van der Waals surface area contributed by atoms with E-state index in [2.05, 4.69) is 0 Å². The van der Waals surface area contributed by atoms with Crippen LogP contribution in [0.2, 0.25) is 0 Å². The van der Waals surface area contributed by atoms with Gasteiger partial charge in [0.05, 0.1) is 6.07 Å². The Morgan fingerprint density at radius 2 is 2.44 bits per heavy atom. The predicted molar refractivity (Wildman–Crippen MR) is 36.4 cm³/mol. The lowest BCUT2D eigenvalue weighted by molar-refractivity contribution is 0.0995. The van der Waals surface area contributed by atoms with Gasteiger partial charge in [-0.15, -0.1) is 11.6 Å². The molecule has 2 nitrogen and oxygen atoms in total. The van der Waals surface area contributed by atoms with Gasteiger partial charge in [-0.05, 0) is 6.92 Å². The fourth-order valence-corrected chi connectivity index (χ4v) is 0.684. The summed E-state index contributed by atoms with van der Waals surface area (Å²) in [6, 6.07) is 2.00. The van der Waals surface area contributed by atoms with Gasteiger partial charge in [-0.1, -0.05) is 0 Å². The summed E-state index contributed by atoms with van der Waals surface area (Å²) in [5.74, 6) is 0.484. The van der Waals surface area contributed by atoms with E-state index in [4.69, 9.17) is 21.6 Å². The molecule has 0 radical (unpaired) electrons. The molecular weight excluding hydrogens is 138 g/mol. The maximum absolute atomic E-state index is 8.35. The Kier molecular flexibility index (Phi) is 5.70. The molecule has 0 aromatic rings. The number of alkyl halides is 1. The standard InChI is InChI=1S/C6H10ClNO/c1-2-9-6(5-8)3-4-7/h6H,2-4H2,1H3. The van der Waals surface area contributed by atoms with Crippen LogP contribution < -0.4 is 0 Å².